The first-order valence-corrected chi connectivity index (χ1v) is 5.78. The molecule has 2 rings (SSSR count). The first-order valence-electron chi connectivity index (χ1n) is 5.78. The number of aromatic amines is 2. The van der Waals surface area contributed by atoms with Gasteiger partial charge < -0.3 is 14.9 Å². The zero-order chi connectivity index (χ0) is 14.0. The van der Waals surface area contributed by atoms with Crippen LogP contribution in [0, 0.1) is 0 Å². The molecule has 0 aliphatic carbocycles. The molecule has 0 saturated heterocycles. The number of nitrogens with one attached hydrogen (secondary N) is 2. The van der Waals surface area contributed by atoms with Crippen molar-refractivity contribution in [3.05, 3.63) is 61.2 Å². The topological polar surface area (TPSA) is 69.0 Å². The third kappa shape index (κ3) is 2.82. The van der Waals surface area contributed by atoms with Gasteiger partial charge in [0.15, 0.2) is 0 Å². The van der Waals surface area contributed by atoms with Crippen LogP contribution in [0.3, 0.4) is 0 Å². The Hall–Kier alpha value is -2.56. The van der Waals surface area contributed by atoms with E-state index in [-0.39, 0.29) is 16.3 Å². The van der Waals surface area contributed by atoms with Gasteiger partial charge in [0, 0.05) is 19.8 Å². The fourth-order valence-electron chi connectivity index (χ4n) is 1.65. The normalized spacial score (nSPS) is 11.6. The van der Waals surface area contributed by atoms with Crippen LogP contribution in [0.5, 0.6) is 0 Å². The molecule has 1 heterocycles. The van der Waals surface area contributed by atoms with E-state index in [9.17, 15) is 9.59 Å². The van der Waals surface area contributed by atoms with Gasteiger partial charge in [0.1, 0.15) is 5.35 Å². The van der Waals surface area contributed by atoms with Crippen LogP contribution in [0.25, 0.3) is 12.7 Å². The Kier molecular flexibility index (Phi) is 3.37. The third-order valence-electron chi connectivity index (χ3n) is 2.75. The lowest BCUT2D eigenvalue weighted by Crippen LogP contribution is -2.46. The van der Waals surface area contributed by atoms with Crippen molar-refractivity contribution in [3.8, 4) is 0 Å². The molecule has 0 fully saturated rings. The van der Waals surface area contributed by atoms with Crippen LogP contribution in [-0.2, 0) is 0 Å². The molecule has 1 aromatic heterocycles. The Morgan fingerprint density at radius 2 is 1.68 bits per heavy atom. The van der Waals surface area contributed by atoms with E-state index in [4.69, 9.17) is 0 Å². The predicted octanol–water partition coefficient (Wildman–Crippen LogP) is -0.632. The van der Waals surface area contributed by atoms with E-state index in [1.54, 1.807) is 6.08 Å². The Balaban J connectivity index is 2.53. The van der Waals surface area contributed by atoms with Crippen molar-refractivity contribution in [2.45, 2.75) is 0 Å². The van der Waals surface area contributed by atoms with Gasteiger partial charge in [0.2, 0.25) is 0 Å². The summed E-state index contributed by atoms with van der Waals surface area (Å²) in [4.78, 5) is 30.0. The first-order chi connectivity index (χ1) is 8.97. The highest BCUT2D eigenvalue weighted by Crippen LogP contribution is 2.12. The van der Waals surface area contributed by atoms with Gasteiger partial charge in [-0.05, 0) is 23.8 Å². The second-order valence-electron chi connectivity index (χ2n) is 4.43. The lowest BCUT2D eigenvalue weighted by molar-refractivity contribution is 1.01. The maximum Gasteiger partial charge on any atom is 0.272 e. The van der Waals surface area contributed by atoms with Gasteiger partial charge in [-0.3, -0.25) is 9.59 Å². The second-order valence-corrected chi connectivity index (χ2v) is 4.43. The maximum atomic E-state index is 11.7. The van der Waals surface area contributed by atoms with Gasteiger partial charge in [-0.2, -0.15) is 0 Å². The summed E-state index contributed by atoms with van der Waals surface area (Å²) in [7, 11) is 3.90. The van der Waals surface area contributed by atoms with Crippen LogP contribution in [0.4, 0.5) is 5.69 Å². The largest absolute Gasteiger partial charge is 0.378 e. The summed E-state index contributed by atoms with van der Waals surface area (Å²) in [5, 5.41) is 0.278. The quantitative estimate of drug-likeness (QED) is 0.752. The zero-order valence-electron chi connectivity index (χ0n) is 10.9. The van der Waals surface area contributed by atoms with E-state index >= 15 is 0 Å². The van der Waals surface area contributed by atoms with Gasteiger partial charge in [0.25, 0.3) is 11.1 Å². The number of hydrogen-bond donors (Lipinski definition) is 2. The number of aromatic nitrogens is 2. The maximum absolute atomic E-state index is 11.7. The highest BCUT2D eigenvalue weighted by Gasteiger charge is 1.96. The van der Waals surface area contributed by atoms with E-state index in [2.05, 4.69) is 16.5 Å². The molecule has 0 unspecified atom stereocenters. The molecule has 5 heteroatoms. The van der Waals surface area contributed by atoms with Gasteiger partial charge in [-0.25, -0.2) is 0 Å². The van der Waals surface area contributed by atoms with Crippen LogP contribution in [0.1, 0.15) is 5.56 Å². The minimum absolute atomic E-state index is 0.0603. The summed E-state index contributed by atoms with van der Waals surface area (Å²) >= 11 is 0. The molecule has 98 valence electrons. The van der Waals surface area contributed by atoms with Crippen molar-refractivity contribution >= 4 is 18.3 Å². The molecular weight excluding hydrogens is 242 g/mol. The van der Waals surface area contributed by atoms with Crippen LogP contribution in [0.15, 0.2) is 33.9 Å². The molecule has 1 aromatic carbocycles. The van der Waals surface area contributed by atoms with Crippen molar-refractivity contribution in [1.29, 1.82) is 0 Å². The third-order valence-corrected chi connectivity index (χ3v) is 2.75. The minimum Gasteiger partial charge on any atom is -0.378 e. The molecule has 0 spiro atoms. The van der Waals surface area contributed by atoms with Crippen LogP contribution in [-0.4, -0.2) is 24.1 Å². The van der Waals surface area contributed by atoms with Crippen LogP contribution in [0.2, 0.25) is 0 Å². The van der Waals surface area contributed by atoms with Gasteiger partial charge in [0.05, 0.1) is 5.35 Å². The molecule has 0 atom stereocenters. The molecule has 0 saturated carbocycles. The lowest BCUT2D eigenvalue weighted by Gasteiger charge is -2.11. The van der Waals surface area contributed by atoms with Crippen molar-refractivity contribution in [2.75, 3.05) is 19.0 Å². The molecule has 19 heavy (non-hydrogen) atoms. The van der Waals surface area contributed by atoms with E-state index in [0.29, 0.717) is 0 Å². The molecular formula is C14H15N3O2. The molecule has 2 aromatic rings. The average molecular weight is 257 g/mol. The smallest absolute Gasteiger partial charge is 0.272 e. The molecule has 2 N–H and O–H groups in total. The molecule has 0 radical (unpaired) electrons. The summed E-state index contributed by atoms with van der Waals surface area (Å²) in [6.07, 6.45) is 1.62. The van der Waals surface area contributed by atoms with Gasteiger partial charge in [-0.15, -0.1) is 0 Å². The zero-order valence-corrected chi connectivity index (χ0v) is 10.9. The fraction of sp³-hybridized carbons (Fsp3) is 0.143. The number of rotatable bonds is 2. The number of anilines is 1. The van der Waals surface area contributed by atoms with Crippen molar-refractivity contribution < 1.29 is 0 Å². The van der Waals surface area contributed by atoms with Gasteiger partial charge in [-0.1, -0.05) is 18.7 Å². The van der Waals surface area contributed by atoms with Gasteiger partial charge >= 0.3 is 0 Å². The molecule has 0 bridgehead atoms. The highest BCUT2D eigenvalue weighted by atomic mass is 16.1. The Morgan fingerprint density at radius 1 is 1.05 bits per heavy atom. The molecule has 5 nitrogen and oxygen atoms in total. The van der Waals surface area contributed by atoms with E-state index in [0.717, 1.165) is 11.3 Å². The Labute approximate surface area is 109 Å². The van der Waals surface area contributed by atoms with Crippen molar-refractivity contribution in [2.24, 2.45) is 0 Å². The van der Waals surface area contributed by atoms with E-state index < -0.39 is 5.56 Å². The monoisotopic (exact) mass is 257 g/mol. The van der Waals surface area contributed by atoms with Crippen molar-refractivity contribution in [3.63, 3.8) is 0 Å². The summed E-state index contributed by atoms with van der Waals surface area (Å²) in [6.45, 7) is 3.44. The number of nitrogens with zero attached hydrogens (tertiary/aromatic N) is 1. The average Bonchev–Trinajstić information content (AvgIpc) is 2.36. The lowest BCUT2D eigenvalue weighted by atomic mass is 10.2. The summed E-state index contributed by atoms with van der Waals surface area (Å²) in [5.74, 6) is 0. The molecule has 0 aliphatic heterocycles. The fourth-order valence-corrected chi connectivity index (χ4v) is 1.65. The number of benzene rings is 1. The summed E-state index contributed by atoms with van der Waals surface area (Å²) in [5.41, 5.74) is 1.15. The molecule has 0 amide bonds. The van der Waals surface area contributed by atoms with E-state index in [1.165, 1.54) is 0 Å². The number of H-pyrrole nitrogens is 2. The van der Waals surface area contributed by atoms with Crippen LogP contribution < -0.4 is 26.7 Å². The SMILES string of the molecule is C=c1[nH]c(=O)/c(=C/c2ccc(N(C)C)cc2)[nH]c1=O. The second kappa shape index (κ2) is 4.97. The predicted molar refractivity (Wildman–Crippen MR) is 76.8 cm³/mol. The standard InChI is InChI=1S/C14H15N3O2/c1-9-13(18)16-12(14(19)15-9)8-10-4-6-11(7-5-10)17(2)3/h4-8H,1H2,2-3H3,(H,15,19)(H,16,18)/b12-8-. The summed E-state index contributed by atoms with van der Waals surface area (Å²) < 4.78 is 0. The highest BCUT2D eigenvalue weighted by molar-refractivity contribution is 5.54. The minimum atomic E-state index is -0.393. The first kappa shape index (κ1) is 12.9. The Morgan fingerprint density at radius 3 is 2.26 bits per heavy atom. The molecule has 0 aliphatic rings. The van der Waals surface area contributed by atoms with Crippen LogP contribution >= 0.6 is 0 Å². The number of hydrogen-bond acceptors (Lipinski definition) is 3. The summed E-state index contributed by atoms with van der Waals surface area (Å²) in [6, 6.07) is 7.64. The van der Waals surface area contributed by atoms with Crippen molar-refractivity contribution in [1.82, 2.24) is 9.97 Å². The Bertz CT molecular complexity index is 798. The van der Waals surface area contributed by atoms with E-state index in [1.807, 2.05) is 43.3 Å².